The Balaban J connectivity index is 1.92. The van der Waals surface area contributed by atoms with Crippen LogP contribution in [0.3, 0.4) is 0 Å². The van der Waals surface area contributed by atoms with Crippen LogP contribution in [0.5, 0.6) is 0 Å². The smallest absolute Gasteiger partial charge is 0.410 e. The lowest BCUT2D eigenvalue weighted by atomic mass is 9.93. The molecular weight excluding hydrogens is 380 g/mol. The van der Waals surface area contributed by atoms with E-state index >= 15 is 0 Å². The molecule has 128 valence electrons. The van der Waals surface area contributed by atoms with E-state index in [9.17, 15) is 4.79 Å². The van der Waals surface area contributed by atoms with Gasteiger partial charge in [-0.3, -0.25) is 0 Å². The lowest BCUT2D eigenvalue weighted by molar-refractivity contribution is 0.0286. The summed E-state index contributed by atoms with van der Waals surface area (Å²) in [5, 5.41) is 0.719. The van der Waals surface area contributed by atoms with E-state index in [2.05, 4.69) is 15.9 Å². The van der Waals surface area contributed by atoms with Gasteiger partial charge in [-0.15, -0.1) is 0 Å². The molecular formula is C17H24BrClN2O2. The normalized spacial score (nSPS) is 19.7. The highest BCUT2D eigenvalue weighted by Crippen LogP contribution is 2.26. The maximum absolute atomic E-state index is 12.1. The van der Waals surface area contributed by atoms with Crippen molar-refractivity contribution in [3.63, 3.8) is 0 Å². The zero-order valence-electron chi connectivity index (χ0n) is 13.8. The van der Waals surface area contributed by atoms with Gasteiger partial charge in [0, 0.05) is 28.6 Å². The molecule has 2 rings (SSSR count). The summed E-state index contributed by atoms with van der Waals surface area (Å²) in [7, 11) is 0. The van der Waals surface area contributed by atoms with Crippen molar-refractivity contribution < 1.29 is 9.53 Å². The van der Waals surface area contributed by atoms with E-state index in [1.54, 1.807) is 4.90 Å². The first-order valence-electron chi connectivity index (χ1n) is 7.83. The van der Waals surface area contributed by atoms with E-state index in [4.69, 9.17) is 22.1 Å². The molecule has 0 aromatic heterocycles. The van der Waals surface area contributed by atoms with Gasteiger partial charge in [-0.05, 0) is 57.2 Å². The predicted octanol–water partition coefficient (Wildman–Crippen LogP) is 4.23. The molecule has 1 fully saturated rings. The van der Waals surface area contributed by atoms with Gasteiger partial charge in [0.15, 0.2) is 0 Å². The molecule has 23 heavy (non-hydrogen) atoms. The molecule has 4 nitrogen and oxygen atoms in total. The highest BCUT2D eigenvalue weighted by molar-refractivity contribution is 9.10. The Morgan fingerprint density at radius 2 is 2.22 bits per heavy atom. The van der Waals surface area contributed by atoms with E-state index < -0.39 is 5.60 Å². The monoisotopic (exact) mass is 402 g/mol. The number of nitrogens with two attached hydrogens (primary N) is 1. The molecule has 2 N–H and O–H groups in total. The summed E-state index contributed by atoms with van der Waals surface area (Å²) in [6.07, 6.45) is 1.35. The Morgan fingerprint density at radius 3 is 2.83 bits per heavy atom. The van der Waals surface area contributed by atoms with Gasteiger partial charge >= 0.3 is 6.09 Å². The number of amides is 1. The second kappa shape index (κ2) is 7.41. The van der Waals surface area contributed by atoms with Crippen LogP contribution >= 0.6 is 27.5 Å². The minimum Gasteiger partial charge on any atom is -0.444 e. The lowest BCUT2D eigenvalue weighted by Gasteiger charge is -2.25. The fraction of sp³-hybridized carbons (Fsp3) is 0.588. The number of ether oxygens (including phenoxy) is 1. The maximum Gasteiger partial charge on any atom is 0.410 e. The quantitative estimate of drug-likeness (QED) is 0.821. The number of likely N-dealkylation sites (tertiary alicyclic amines) is 1. The minimum absolute atomic E-state index is 0.0267. The summed E-state index contributed by atoms with van der Waals surface area (Å²) < 4.78 is 6.38. The van der Waals surface area contributed by atoms with Crippen LogP contribution in [-0.2, 0) is 11.2 Å². The average Bonchev–Trinajstić information content (AvgIpc) is 2.90. The van der Waals surface area contributed by atoms with Crippen molar-refractivity contribution in [2.24, 2.45) is 11.7 Å². The number of hydrogen-bond acceptors (Lipinski definition) is 3. The second-order valence-corrected chi connectivity index (χ2v) is 8.40. The largest absolute Gasteiger partial charge is 0.444 e. The summed E-state index contributed by atoms with van der Waals surface area (Å²) >= 11 is 9.66. The molecule has 0 spiro atoms. The summed E-state index contributed by atoms with van der Waals surface area (Å²) in [5.41, 5.74) is 6.93. The molecule has 2 unspecified atom stereocenters. The van der Waals surface area contributed by atoms with Crippen LogP contribution in [0.4, 0.5) is 4.79 Å². The number of benzene rings is 1. The standard InChI is InChI=1S/C17H24BrClN2O2/c1-17(2,3)23-16(22)21-7-6-12(10-21)15(20)8-11-4-5-13(18)9-14(11)19/h4-5,9,12,15H,6-8,10,20H2,1-3H3. The lowest BCUT2D eigenvalue weighted by Crippen LogP contribution is -2.38. The number of rotatable bonds is 3. The van der Waals surface area contributed by atoms with Gasteiger partial charge < -0.3 is 15.4 Å². The van der Waals surface area contributed by atoms with E-state index in [1.807, 2.05) is 39.0 Å². The van der Waals surface area contributed by atoms with Crippen molar-refractivity contribution in [1.29, 1.82) is 0 Å². The molecule has 1 heterocycles. The zero-order valence-corrected chi connectivity index (χ0v) is 16.2. The van der Waals surface area contributed by atoms with Crippen LogP contribution in [0, 0.1) is 5.92 Å². The van der Waals surface area contributed by atoms with Gasteiger partial charge in [0.25, 0.3) is 0 Å². The van der Waals surface area contributed by atoms with Crippen molar-refractivity contribution in [3.05, 3.63) is 33.3 Å². The van der Waals surface area contributed by atoms with Crippen LogP contribution < -0.4 is 5.73 Å². The summed E-state index contributed by atoms with van der Waals surface area (Å²) in [6.45, 7) is 6.96. The van der Waals surface area contributed by atoms with Gasteiger partial charge in [-0.2, -0.15) is 0 Å². The Morgan fingerprint density at radius 1 is 1.52 bits per heavy atom. The molecule has 1 aromatic rings. The first-order valence-corrected chi connectivity index (χ1v) is 9.00. The number of carbonyl (C=O) groups excluding carboxylic acids is 1. The van der Waals surface area contributed by atoms with Crippen molar-refractivity contribution >= 4 is 33.6 Å². The molecule has 1 amide bonds. The summed E-state index contributed by atoms with van der Waals surface area (Å²) in [5.74, 6) is 0.266. The molecule has 0 saturated carbocycles. The molecule has 0 aliphatic carbocycles. The predicted molar refractivity (Wildman–Crippen MR) is 96.7 cm³/mol. The summed E-state index contributed by atoms with van der Waals surface area (Å²) in [6, 6.07) is 5.81. The highest BCUT2D eigenvalue weighted by atomic mass is 79.9. The van der Waals surface area contributed by atoms with Gasteiger partial charge in [-0.1, -0.05) is 33.6 Å². The third-order valence-corrected chi connectivity index (χ3v) is 4.80. The molecule has 1 aromatic carbocycles. The Kier molecular flexibility index (Phi) is 5.98. The first kappa shape index (κ1) is 18.6. The molecule has 6 heteroatoms. The van der Waals surface area contributed by atoms with Crippen LogP contribution in [-0.4, -0.2) is 35.7 Å². The van der Waals surface area contributed by atoms with Gasteiger partial charge in [0.1, 0.15) is 5.60 Å². The molecule has 1 aliphatic heterocycles. The van der Waals surface area contributed by atoms with Crippen molar-refractivity contribution in [3.8, 4) is 0 Å². The van der Waals surface area contributed by atoms with Crippen LogP contribution in [0.1, 0.15) is 32.8 Å². The third kappa shape index (κ3) is 5.37. The van der Waals surface area contributed by atoms with Crippen molar-refractivity contribution in [1.82, 2.24) is 4.90 Å². The van der Waals surface area contributed by atoms with Crippen LogP contribution in [0.25, 0.3) is 0 Å². The molecule has 0 bridgehead atoms. The van der Waals surface area contributed by atoms with E-state index in [0.717, 1.165) is 21.5 Å². The maximum atomic E-state index is 12.1. The Labute approximate surface area is 151 Å². The van der Waals surface area contributed by atoms with Gasteiger partial charge in [0.05, 0.1) is 0 Å². The van der Waals surface area contributed by atoms with Gasteiger partial charge in [-0.25, -0.2) is 4.79 Å². The highest BCUT2D eigenvalue weighted by Gasteiger charge is 2.32. The summed E-state index contributed by atoms with van der Waals surface area (Å²) in [4.78, 5) is 13.9. The van der Waals surface area contributed by atoms with Crippen molar-refractivity contribution in [2.75, 3.05) is 13.1 Å². The molecule has 0 radical (unpaired) electrons. The van der Waals surface area contributed by atoms with E-state index in [1.165, 1.54) is 0 Å². The SMILES string of the molecule is CC(C)(C)OC(=O)N1CCC(C(N)Cc2ccc(Br)cc2Cl)C1. The van der Waals surface area contributed by atoms with E-state index in [-0.39, 0.29) is 18.1 Å². The first-order chi connectivity index (χ1) is 10.7. The third-order valence-electron chi connectivity index (χ3n) is 3.95. The number of carbonyl (C=O) groups is 1. The van der Waals surface area contributed by atoms with Gasteiger partial charge in [0.2, 0.25) is 0 Å². The minimum atomic E-state index is -0.470. The number of nitrogens with zero attached hydrogens (tertiary/aromatic N) is 1. The van der Waals surface area contributed by atoms with E-state index in [0.29, 0.717) is 19.5 Å². The zero-order chi connectivity index (χ0) is 17.2. The average molecular weight is 404 g/mol. The van der Waals surface area contributed by atoms with Crippen LogP contribution in [0.15, 0.2) is 22.7 Å². The Hall–Kier alpha value is -0.780. The Bertz CT molecular complexity index is 574. The van der Waals surface area contributed by atoms with Crippen molar-refractivity contribution in [2.45, 2.75) is 45.3 Å². The molecule has 1 aliphatic rings. The molecule has 2 atom stereocenters. The topological polar surface area (TPSA) is 55.6 Å². The second-order valence-electron chi connectivity index (χ2n) is 7.08. The number of hydrogen-bond donors (Lipinski definition) is 1. The van der Waals surface area contributed by atoms with Crippen LogP contribution in [0.2, 0.25) is 5.02 Å². The fourth-order valence-electron chi connectivity index (χ4n) is 2.74. The number of halogens is 2. The fourth-order valence-corrected chi connectivity index (χ4v) is 3.49. The molecule has 1 saturated heterocycles.